The van der Waals surface area contributed by atoms with Crippen molar-refractivity contribution < 1.29 is 9.90 Å². The molecule has 6 heteroatoms. The number of nitrogens with one attached hydrogen (secondary N) is 1. The summed E-state index contributed by atoms with van der Waals surface area (Å²) in [5, 5.41) is 16.1. The SMILES string of the molecule is Cc1nc(CNc2cccc(C(=O)N3CCCC(O)C3)c2)cs1. The summed E-state index contributed by atoms with van der Waals surface area (Å²) in [6.45, 7) is 3.77. The predicted molar refractivity (Wildman–Crippen MR) is 91.8 cm³/mol. The van der Waals surface area contributed by atoms with Crippen molar-refractivity contribution >= 4 is 22.9 Å². The lowest BCUT2D eigenvalue weighted by molar-refractivity contribution is 0.0474. The van der Waals surface area contributed by atoms with E-state index in [2.05, 4.69) is 10.3 Å². The molecule has 5 nitrogen and oxygen atoms in total. The third-order valence-electron chi connectivity index (χ3n) is 3.93. The maximum atomic E-state index is 12.6. The molecule has 1 unspecified atom stereocenters. The number of rotatable bonds is 4. The summed E-state index contributed by atoms with van der Waals surface area (Å²) in [5.74, 6) is -0.0168. The zero-order chi connectivity index (χ0) is 16.2. The minimum atomic E-state index is -0.401. The van der Waals surface area contributed by atoms with Gasteiger partial charge in [-0.15, -0.1) is 11.3 Å². The van der Waals surface area contributed by atoms with Crippen LogP contribution in [0.2, 0.25) is 0 Å². The number of β-amino-alcohol motifs (C(OH)–C–C–N with tert-alkyl or cyclic N) is 1. The molecular weight excluding hydrogens is 310 g/mol. The molecule has 1 aliphatic heterocycles. The molecule has 1 aromatic carbocycles. The van der Waals surface area contributed by atoms with E-state index in [0.29, 0.717) is 25.2 Å². The molecule has 2 aromatic rings. The van der Waals surface area contributed by atoms with Crippen molar-refractivity contribution in [3.8, 4) is 0 Å². The van der Waals surface area contributed by atoms with Crippen LogP contribution in [-0.4, -0.2) is 40.1 Å². The molecule has 0 radical (unpaired) electrons. The average Bonchev–Trinajstić information content (AvgIpc) is 2.98. The maximum absolute atomic E-state index is 12.6. The number of amides is 1. The molecular formula is C17H21N3O2S. The van der Waals surface area contributed by atoms with Gasteiger partial charge in [-0.3, -0.25) is 4.79 Å². The van der Waals surface area contributed by atoms with Crippen LogP contribution in [0.25, 0.3) is 0 Å². The van der Waals surface area contributed by atoms with Crippen molar-refractivity contribution in [2.45, 2.75) is 32.4 Å². The largest absolute Gasteiger partial charge is 0.391 e. The fraction of sp³-hybridized carbons (Fsp3) is 0.412. The molecule has 0 saturated carbocycles. The normalized spacial score (nSPS) is 18.0. The summed E-state index contributed by atoms with van der Waals surface area (Å²) in [7, 11) is 0. The van der Waals surface area contributed by atoms with Crippen LogP contribution in [0, 0.1) is 6.92 Å². The number of anilines is 1. The van der Waals surface area contributed by atoms with E-state index >= 15 is 0 Å². The minimum Gasteiger partial charge on any atom is -0.391 e. The molecule has 1 saturated heterocycles. The van der Waals surface area contributed by atoms with E-state index in [1.54, 1.807) is 16.2 Å². The molecule has 1 aromatic heterocycles. The van der Waals surface area contributed by atoms with Crippen molar-refractivity contribution in [3.63, 3.8) is 0 Å². The Bertz CT molecular complexity index is 686. The summed E-state index contributed by atoms with van der Waals surface area (Å²) in [4.78, 5) is 18.7. The first kappa shape index (κ1) is 16.0. The van der Waals surface area contributed by atoms with Crippen LogP contribution in [0.3, 0.4) is 0 Å². The molecule has 2 heterocycles. The summed E-state index contributed by atoms with van der Waals surface area (Å²) >= 11 is 1.63. The van der Waals surface area contributed by atoms with Gasteiger partial charge in [0.05, 0.1) is 23.4 Å². The molecule has 3 rings (SSSR count). The predicted octanol–water partition coefficient (Wildman–Crippen LogP) is 2.66. The molecule has 2 N–H and O–H groups in total. The topological polar surface area (TPSA) is 65.5 Å². The smallest absolute Gasteiger partial charge is 0.254 e. The summed E-state index contributed by atoms with van der Waals surface area (Å²) < 4.78 is 0. The second-order valence-corrected chi connectivity index (χ2v) is 6.90. The molecule has 0 aliphatic carbocycles. The number of benzene rings is 1. The van der Waals surface area contributed by atoms with E-state index in [-0.39, 0.29) is 5.91 Å². The van der Waals surface area contributed by atoms with Gasteiger partial charge < -0.3 is 15.3 Å². The fourth-order valence-corrected chi connectivity index (χ4v) is 3.38. The van der Waals surface area contributed by atoms with Gasteiger partial charge in [0.1, 0.15) is 0 Å². The number of aliphatic hydroxyl groups is 1. The number of nitrogens with zero attached hydrogens (tertiary/aromatic N) is 2. The molecule has 122 valence electrons. The highest BCUT2D eigenvalue weighted by molar-refractivity contribution is 7.09. The highest BCUT2D eigenvalue weighted by Crippen LogP contribution is 2.17. The Kier molecular flexibility index (Phi) is 4.93. The van der Waals surface area contributed by atoms with Crippen LogP contribution in [0.4, 0.5) is 5.69 Å². The third kappa shape index (κ3) is 4.09. The van der Waals surface area contributed by atoms with Crippen LogP contribution >= 0.6 is 11.3 Å². The van der Waals surface area contributed by atoms with Gasteiger partial charge >= 0.3 is 0 Å². The van der Waals surface area contributed by atoms with Gasteiger partial charge in [-0.05, 0) is 38.0 Å². The zero-order valence-corrected chi connectivity index (χ0v) is 14.0. The van der Waals surface area contributed by atoms with Crippen LogP contribution in [-0.2, 0) is 6.54 Å². The lowest BCUT2D eigenvalue weighted by Gasteiger charge is -2.30. The van der Waals surface area contributed by atoms with Gasteiger partial charge in [-0.2, -0.15) is 0 Å². The number of aromatic nitrogens is 1. The van der Waals surface area contributed by atoms with Gasteiger partial charge in [-0.1, -0.05) is 6.07 Å². The quantitative estimate of drug-likeness (QED) is 0.904. The Labute approximate surface area is 140 Å². The molecule has 0 bridgehead atoms. The van der Waals surface area contributed by atoms with E-state index in [9.17, 15) is 9.90 Å². The van der Waals surface area contributed by atoms with E-state index in [0.717, 1.165) is 29.2 Å². The van der Waals surface area contributed by atoms with Gasteiger partial charge in [0, 0.05) is 29.7 Å². The highest BCUT2D eigenvalue weighted by atomic mass is 32.1. The van der Waals surface area contributed by atoms with Crippen molar-refractivity contribution in [3.05, 3.63) is 45.9 Å². The Morgan fingerprint density at radius 3 is 3.13 bits per heavy atom. The van der Waals surface area contributed by atoms with Gasteiger partial charge in [0.25, 0.3) is 5.91 Å². The number of piperidine rings is 1. The van der Waals surface area contributed by atoms with Crippen molar-refractivity contribution in [2.75, 3.05) is 18.4 Å². The first-order chi connectivity index (χ1) is 11.1. The number of likely N-dealkylation sites (tertiary alicyclic amines) is 1. The molecule has 1 atom stereocenters. The Hall–Kier alpha value is -1.92. The number of aryl methyl sites for hydroxylation is 1. The number of carbonyl (C=O) groups excluding carboxylic acids is 1. The third-order valence-corrected chi connectivity index (χ3v) is 4.76. The second-order valence-electron chi connectivity index (χ2n) is 5.84. The molecule has 1 amide bonds. The van der Waals surface area contributed by atoms with E-state index in [1.807, 2.05) is 36.6 Å². The van der Waals surface area contributed by atoms with E-state index in [4.69, 9.17) is 0 Å². The van der Waals surface area contributed by atoms with Crippen LogP contribution in [0.1, 0.15) is 33.9 Å². The lowest BCUT2D eigenvalue weighted by atomic mass is 10.1. The first-order valence-corrected chi connectivity index (χ1v) is 8.72. The zero-order valence-electron chi connectivity index (χ0n) is 13.2. The fourth-order valence-electron chi connectivity index (χ4n) is 2.77. The summed E-state index contributed by atoms with van der Waals surface area (Å²) in [6, 6.07) is 7.51. The monoisotopic (exact) mass is 331 g/mol. The number of carbonyl (C=O) groups is 1. The number of hydrogen-bond acceptors (Lipinski definition) is 5. The Morgan fingerprint density at radius 2 is 2.39 bits per heavy atom. The summed E-state index contributed by atoms with van der Waals surface area (Å²) in [5.41, 5.74) is 2.56. The Balaban J connectivity index is 1.65. The van der Waals surface area contributed by atoms with Crippen LogP contribution in [0.5, 0.6) is 0 Å². The molecule has 1 aliphatic rings. The van der Waals surface area contributed by atoms with Gasteiger partial charge in [0.15, 0.2) is 0 Å². The standard InChI is InChI=1S/C17H21N3O2S/c1-12-19-15(11-23-12)9-18-14-5-2-4-13(8-14)17(22)20-7-3-6-16(21)10-20/h2,4-5,8,11,16,18,21H,3,6-7,9-10H2,1H3. The average molecular weight is 331 g/mol. The van der Waals surface area contributed by atoms with E-state index < -0.39 is 6.10 Å². The van der Waals surface area contributed by atoms with Crippen molar-refractivity contribution in [2.24, 2.45) is 0 Å². The number of aliphatic hydroxyl groups excluding tert-OH is 1. The van der Waals surface area contributed by atoms with Crippen LogP contribution in [0.15, 0.2) is 29.6 Å². The molecule has 1 fully saturated rings. The second kappa shape index (κ2) is 7.10. The Morgan fingerprint density at radius 1 is 1.52 bits per heavy atom. The van der Waals surface area contributed by atoms with E-state index in [1.165, 1.54) is 0 Å². The number of thiazole rings is 1. The van der Waals surface area contributed by atoms with Gasteiger partial charge in [-0.25, -0.2) is 4.98 Å². The minimum absolute atomic E-state index is 0.0168. The van der Waals surface area contributed by atoms with Crippen LogP contribution < -0.4 is 5.32 Å². The maximum Gasteiger partial charge on any atom is 0.254 e. The van der Waals surface area contributed by atoms with Crippen molar-refractivity contribution in [1.29, 1.82) is 0 Å². The van der Waals surface area contributed by atoms with Gasteiger partial charge in [0.2, 0.25) is 0 Å². The molecule has 0 spiro atoms. The lowest BCUT2D eigenvalue weighted by Crippen LogP contribution is -2.42. The highest BCUT2D eigenvalue weighted by Gasteiger charge is 2.23. The first-order valence-electron chi connectivity index (χ1n) is 7.84. The molecule has 23 heavy (non-hydrogen) atoms. The summed E-state index contributed by atoms with van der Waals surface area (Å²) in [6.07, 6.45) is 1.23. The number of hydrogen-bond donors (Lipinski definition) is 2. The van der Waals surface area contributed by atoms with Crippen molar-refractivity contribution in [1.82, 2.24) is 9.88 Å².